The highest BCUT2D eigenvalue weighted by molar-refractivity contribution is 5.76. The van der Waals surface area contributed by atoms with E-state index in [1.807, 2.05) is 12.1 Å². The monoisotopic (exact) mass is 248 g/mol. The minimum Gasteiger partial charge on any atom is -0.356 e. The van der Waals surface area contributed by atoms with Gasteiger partial charge in [0, 0.05) is 13.0 Å². The number of nitrogens with one attached hydrogen (secondary N) is 1. The standard InChI is InChI=1S/C15H24N2O/c1-12(9-10-16)11-17-15(18)8-7-14-6-4-3-5-13(14)2/h3-6,12H,7-11,16H2,1-2H3,(H,17,18). The van der Waals surface area contributed by atoms with Crippen LogP contribution < -0.4 is 11.1 Å². The zero-order chi connectivity index (χ0) is 13.4. The second-order valence-electron chi connectivity index (χ2n) is 4.91. The number of aryl methyl sites for hydroxylation is 2. The summed E-state index contributed by atoms with van der Waals surface area (Å²) in [5.41, 5.74) is 7.98. The van der Waals surface area contributed by atoms with Crippen molar-refractivity contribution < 1.29 is 4.79 Å². The fourth-order valence-electron chi connectivity index (χ4n) is 1.90. The molecule has 0 radical (unpaired) electrons. The first kappa shape index (κ1) is 14.7. The Morgan fingerprint density at radius 2 is 2.11 bits per heavy atom. The van der Waals surface area contributed by atoms with Crippen LogP contribution in [0.1, 0.15) is 30.9 Å². The SMILES string of the molecule is Cc1ccccc1CCC(=O)NCC(C)CCN. The van der Waals surface area contributed by atoms with E-state index in [2.05, 4.69) is 31.3 Å². The smallest absolute Gasteiger partial charge is 0.220 e. The zero-order valence-electron chi connectivity index (χ0n) is 11.4. The second kappa shape index (κ2) is 7.88. The van der Waals surface area contributed by atoms with Gasteiger partial charge in [0.05, 0.1) is 0 Å². The molecule has 0 saturated carbocycles. The number of nitrogens with two attached hydrogens (primary N) is 1. The van der Waals surface area contributed by atoms with Gasteiger partial charge in [0.2, 0.25) is 5.91 Å². The van der Waals surface area contributed by atoms with Crippen LogP contribution in [0.5, 0.6) is 0 Å². The van der Waals surface area contributed by atoms with Gasteiger partial charge in [-0.1, -0.05) is 31.2 Å². The molecule has 3 N–H and O–H groups in total. The molecule has 1 atom stereocenters. The van der Waals surface area contributed by atoms with Gasteiger partial charge in [-0.25, -0.2) is 0 Å². The molecule has 3 nitrogen and oxygen atoms in total. The Balaban J connectivity index is 2.27. The van der Waals surface area contributed by atoms with Crippen LogP contribution in [0.4, 0.5) is 0 Å². The van der Waals surface area contributed by atoms with Gasteiger partial charge in [-0.05, 0) is 43.4 Å². The van der Waals surface area contributed by atoms with E-state index >= 15 is 0 Å². The molecule has 1 amide bonds. The van der Waals surface area contributed by atoms with Crippen molar-refractivity contribution in [1.82, 2.24) is 5.32 Å². The fourth-order valence-corrected chi connectivity index (χ4v) is 1.90. The van der Waals surface area contributed by atoms with E-state index in [0.717, 1.165) is 19.4 Å². The van der Waals surface area contributed by atoms with Gasteiger partial charge in [0.1, 0.15) is 0 Å². The maximum absolute atomic E-state index is 11.7. The van der Waals surface area contributed by atoms with Gasteiger partial charge >= 0.3 is 0 Å². The molecule has 3 heteroatoms. The van der Waals surface area contributed by atoms with Gasteiger partial charge in [0.25, 0.3) is 0 Å². The lowest BCUT2D eigenvalue weighted by molar-refractivity contribution is -0.121. The quantitative estimate of drug-likeness (QED) is 0.775. The Labute approximate surface area is 110 Å². The summed E-state index contributed by atoms with van der Waals surface area (Å²) < 4.78 is 0. The van der Waals surface area contributed by atoms with Crippen LogP contribution in [-0.4, -0.2) is 19.0 Å². The Hall–Kier alpha value is -1.35. The minimum absolute atomic E-state index is 0.127. The zero-order valence-corrected chi connectivity index (χ0v) is 11.4. The fraction of sp³-hybridized carbons (Fsp3) is 0.533. The van der Waals surface area contributed by atoms with E-state index in [4.69, 9.17) is 5.73 Å². The lowest BCUT2D eigenvalue weighted by Crippen LogP contribution is -2.29. The van der Waals surface area contributed by atoms with E-state index < -0.39 is 0 Å². The summed E-state index contributed by atoms with van der Waals surface area (Å²) in [7, 11) is 0. The van der Waals surface area contributed by atoms with Crippen LogP contribution in [-0.2, 0) is 11.2 Å². The molecule has 0 aliphatic carbocycles. The number of rotatable bonds is 7. The van der Waals surface area contributed by atoms with E-state index in [1.54, 1.807) is 0 Å². The summed E-state index contributed by atoms with van der Waals surface area (Å²) in [5.74, 6) is 0.583. The van der Waals surface area contributed by atoms with Crippen molar-refractivity contribution in [2.45, 2.75) is 33.1 Å². The number of hydrogen-bond acceptors (Lipinski definition) is 2. The molecule has 0 saturated heterocycles. The normalized spacial score (nSPS) is 12.2. The molecule has 1 unspecified atom stereocenters. The van der Waals surface area contributed by atoms with Gasteiger partial charge in [-0.3, -0.25) is 4.79 Å². The lowest BCUT2D eigenvalue weighted by Gasteiger charge is -2.11. The molecular formula is C15H24N2O. The third kappa shape index (κ3) is 5.32. The highest BCUT2D eigenvalue weighted by Gasteiger charge is 2.06. The highest BCUT2D eigenvalue weighted by atomic mass is 16.1. The number of carbonyl (C=O) groups is 1. The number of benzene rings is 1. The Morgan fingerprint density at radius 3 is 2.78 bits per heavy atom. The van der Waals surface area contributed by atoms with Crippen molar-refractivity contribution >= 4 is 5.91 Å². The summed E-state index contributed by atoms with van der Waals surface area (Å²) in [5, 5.41) is 2.96. The molecule has 0 fully saturated rings. The van der Waals surface area contributed by atoms with Crippen LogP contribution in [0, 0.1) is 12.8 Å². The third-order valence-corrected chi connectivity index (χ3v) is 3.19. The Kier molecular flexibility index (Phi) is 6.44. The lowest BCUT2D eigenvalue weighted by atomic mass is 10.0. The molecule has 0 spiro atoms. The van der Waals surface area contributed by atoms with Gasteiger partial charge in [-0.2, -0.15) is 0 Å². The molecule has 0 aromatic heterocycles. The van der Waals surface area contributed by atoms with Gasteiger partial charge in [0.15, 0.2) is 0 Å². The first-order valence-corrected chi connectivity index (χ1v) is 6.64. The topological polar surface area (TPSA) is 55.1 Å². The van der Waals surface area contributed by atoms with Crippen molar-refractivity contribution in [2.24, 2.45) is 11.7 Å². The Bertz CT molecular complexity index is 377. The molecule has 18 heavy (non-hydrogen) atoms. The molecule has 100 valence electrons. The predicted octanol–water partition coefficient (Wildman–Crippen LogP) is 2.03. The van der Waals surface area contributed by atoms with E-state index in [9.17, 15) is 4.79 Å². The summed E-state index contributed by atoms with van der Waals surface area (Å²) in [4.78, 5) is 11.7. The maximum Gasteiger partial charge on any atom is 0.220 e. The largest absolute Gasteiger partial charge is 0.356 e. The van der Waals surface area contributed by atoms with Crippen LogP contribution in [0.25, 0.3) is 0 Å². The first-order valence-electron chi connectivity index (χ1n) is 6.64. The third-order valence-electron chi connectivity index (χ3n) is 3.19. The molecule has 1 rings (SSSR count). The molecule has 0 aliphatic rings. The van der Waals surface area contributed by atoms with E-state index in [-0.39, 0.29) is 5.91 Å². The summed E-state index contributed by atoms with van der Waals surface area (Å²) >= 11 is 0. The van der Waals surface area contributed by atoms with Crippen molar-refractivity contribution in [1.29, 1.82) is 0 Å². The van der Waals surface area contributed by atoms with Gasteiger partial charge in [-0.15, -0.1) is 0 Å². The maximum atomic E-state index is 11.7. The molecule has 1 aromatic carbocycles. The van der Waals surface area contributed by atoms with Crippen LogP contribution >= 0.6 is 0 Å². The minimum atomic E-state index is 0.127. The summed E-state index contributed by atoms with van der Waals surface area (Å²) in [6.07, 6.45) is 2.32. The van der Waals surface area contributed by atoms with Gasteiger partial charge < -0.3 is 11.1 Å². The van der Waals surface area contributed by atoms with Crippen LogP contribution in [0.3, 0.4) is 0 Å². The highest BCUT2D eigenvalue weighted by Crippen LogP contribution is 2.09. The van der Waals surface area contributed by atoms with Crippen LogP contribution in [0.15, 0.2) is 24.3 Å². The summed E-state index contributed by atoms with van der Waals surface area (Å²) in [6, 6.07) is 8.20. The average Bonchev–Trinajstić information content (AvgIpc) is 2.36. The average molecular weight is 248 g/mol. The van der Waals surface area contributed by atoms with Crippen molar-refractivity contribution in [3.63, 3.8) is 0 Å². The van der Waals surface area contributed by atoms with Crippen molar-refractivity contribution in [2.75, 3.05) is 13.1 Å². The molecule has 0 bridgehead atoms. The molecule has 1 aromatic rings. The van der Waals surface area contributed by atoms with E-state index in [0.29, 0.717) is 18.9 Å². The molecule has 0 aliphatic heterocycles. The molecular weight excluding hydrogens is 224 g/mol. The second-order valence-corrected chi connectivity index (χ2v) is 4.91. The number of amides is 1. The van der Waals surface area contributed by atoms with E-state index in [1.165, 1.54) is 11.1 Å². The summed E-state index contributed by atoms with van der Waals surface area (Å²) in [6.45, 7) is 5.59. The first-order chi connectivity index (χ1) is 8.63. The van der Waals surface area contributed by atoms with Crippen LogP contribution in [0.2, 0.25) is 0 Å². The number of hydrogen-bond donors (Lipinski definition) is 2. The molecule has 0 heterocycles. The number of carbonyl (C=O) groups excluding carboxylic acids is 1. The Morgan fingerprint density at radius 1 is 1.39 bits per heavy atom. The predicted molar refractivity (Wildman–Crippen MR) is 75.3 cm³/mol. The van der Waals surface area contributed by atoms with Crippen molar-refractivity contribution in [3.8, 4) is 0 Å². The van der Waals surface area contributed by atoms with Crippen molar-refractivity contribution in [3.05, 3.63) is 35.4 Å².